The Morgan fingerprint density at radius 1 is 1.12 bits per heavy atom. The van der Waals surface area contributed by atoms with Crippen LogP contribution in [0.3, 0.4) is 0 Å². The maximum absolute atomic E-state index is 13.0. The minimum atomic E-state index is -0.781. The van der Waals surface area contributed by atoms with Crippen molar-refractivity contribution in [2.45, 2.75) is 59.2 Å². The predicted octanol–water partition coefficient (Wildman–Crippen LogP) is 3.07. The summed E-state index contributed by atoms with van der Waals surface area (Å²) in [4.78, 5) is 45.7. The van der Waals surface area contributed by atoms with Crippen LogP contribution in [0.25, 0.3) is 5.95 Å². The summed E-state index contributed by atoms with van der Waals surface area (Å²) >= 11 is 0. The Morgan fingerprint density at radius 3 is 2.55 bits per heavy atom. The number of aryl methyl sites for hydroxylation is 1. The Labute approximate surface area is 190 Å². The van der Waals surface area contributed by atoms with Crippen LogP contribution in [0, 0.1) is 6.92 Å². The fourth-order valence-corrected chi connectivity index (χ4v) is 3.75. The molecule has 0 amide bonds. The first-order valence-electron chi connectivity index (χ1n) is 10.8. The van der Waals surface area contributed by atoms with Crippen LogP contribution in [0.1, 0.15) is 70.6 Å². The van der Waals surface area contributed by atoms with Gasteiger partial charge >= 0.3 is 11.9 Å². The number of carbonyl (C=O) groups is 2. The molecule has 0 saturated carbocycles. The van der Waals surface area contributed by atoms with Gasteiger partial charge < -0.3 is 9.47 Å². The molecule has 0 aliphatic heterocycles. The number of aromatic amines is 1. The highest BCUT2D eigenvalue weighted by Gasteiger charge is 2.32. The highest BCUT2D eigenvalue weighted by atomic mass is 16.6. The van der Waals surface area contributed by atoms with Gasteiger partial charge in [0.05, 0.1) is 11.4 Å². The summed E-state index contributed by atoms with van der Waals surface area (Å²) in [7, 11) is 0. The lowest BCUT2D eigenvalue weighted by molar-refractivity contribution is 0.00628. The molecular formula is C24H26N4O5. The SMILES string of the molecule is Cc1c(C(=O)OC(C)(C)C)c(C(=O)OCc2ccccc2)nn1-c1nc2c(c(=O)[nH]1)CCC2. The summed E-state index contributed by atoms with van der Waals surface area (Å²) in [5.74, 6) is -1.34. The number of benzene rings is 1. The van der Waals surface area contributed by atoms with Gasteiger partial charge in [0.25, 0.3) is 5.56 Å². The van der Waals surface area contributed by atoms with Crippen LogP contribution in [0.4, 0.5) is 0 Å². The zero-order valence-corrected chi connectivity index (χ0v) is 19.1. The number of nitrogens with one attached hydrogen (secondary N) is 1. The number of H-pyrrole nitrogens is 1. The lowest BCUT2D eigenvalue weighted by Crippen LogP contribution is -2.25. The molecule has 2 aromatic heterocycles. The monoisotopic (exact) mass is 450 g/mol. The molecular weight excluding hydrogens is 424 g/mol. The summed E-state index contributed by atoms with van der Waals surface area (Å²) in [6, 6.07) is 9.19. The van der Waals surface area contributed by atoms with Gasteiger partial charge in [-0.3, -0.25) is 9.78 Å². The molecule has 1 aliphatic carbocycles. The van der Waals surface area contributed by atoms with Crippen molar-refractivity contribution in [2.75, 3.05) is 0 Å². The topological polar surface area (TPSA) is 116 Å². The van der Waals surface area contributed by atoms with Crippen molar-refractivity contribution < 1.29 is 19.1 Å². The normalized spacial score (nSPS) is 13.0. The van der Waals surface area contributed by atoms with E-state index in [2.05, 4.69) is 15.1 Å². The molecule has 9 nitrogen and oxygen atoms in total. The Morgan fingerprint density at radius 2 is 1.85 bits per heavy atom. The van der Waals surface area contributed by atoms with Crippen LogP contribution in [0.2, 0.25) is 0 Å². The van der Waals surface area contributed by atoms with Gasteiger partial charge in [0.2, 0.25) is 5.95 Å². The van der Waals surface area contributed by atoms with Gasteiger partial charge in [-0.1, -0.05) is 30.3 Å². The van der Waals surface area contributed by atoms with E-state index in [1.54, 1.807) is 27.7 Å². The first-order valence-corrected chi connectivity index (χ1v) is 10.8. The maximum atomic E-state index is 13.0. The van der Waals surface area contributed by atoms with Crippen molar-refractivity contribution in [3.05, 3.63) is 74.5 Å². The summed E-state index contributed by atoms with van der Waals surface area (Å²) in [5, 5.41) is 4.32. The predicted molar refractivity (Wildman–Crippen MR) is 119 cm³/mol. The Kier molecular flexibility index (Phi) is 5.88. The standard InChI is InChI=1S/C24H26N4O5/c1-14-18(21(30)33-24(2,3)4)19(22(31)32-13-15-9-6-5-7-10-15)27-28(14)23-25-17-12-8-11-16(17)20(29)26-23/h5-7,9-10H,8,11-13H2,1-4H3,(H,25,26,29). The van der Waals surface area contributed by atoms with Gasteiger partial charge in [0, 0.05) is 5.56 Å². The number of aromatic nitrogens is 4. The summed E-state index contributed by atoms with van der Waals surface area (Å²) in [6.45, 7) is 6.84. The van der Waals surface area contributed by atoms with E-state index in [1.807, 2.05) is 30.3 Å². The summed E-state index contributed by atoms with van der Waals surface area (Å²) in [6.07, 6.45) is 2.22. The third kappa shape index (κ3) is 4.72. The van der Waals surface area contributed by atoms with Crippen LogP contribution in [0.15, 0.2) is 35.1 Å². The average molecular weight is 450 g/mol. The molecule has 0 radical (unpaired) electrons. The van der Waals surface area contributed by atoms with E-state index in [1.165, 1.54) is 4.68 Å². The number of esters is 2. The number of carbonyl (C=O) groups excluding carboxylic acids is 2. The molecule has 0 unspecified atom stereocenters. The Hall–Kier alpha value is -3.75. The first-order chi connectivity index (χ1) is 15.6. The summed E-state index contributed by atoms with van der Waals surface area (Å²) in [5.41, 5.74) is 1.25. The molecule has 1 N–H and O–H groups in total. The van der Waals surface area contributed by atoms with E-state index < -0.39 is 17.5 Å². The molecule has 0 bridgehead atoms. The Bertz CT molecular complexity index is 1270. The van der Waals surface area contributed by atoms with Crippen molar-refractivity contribution in [1.29, 1.82) is 0 Å². The van der Waals surface area contributed by atoms with Crippen LogP contribution in [-0.4, -0.2) is 37.3 Å². The third-order valence-corrected chi connectivity index (χ3v) is 5.26. The van der Waals surface area contributed by atoms with Crippen LogP contribution in [0.5, 0.6) is 0 Å². The second-order valence-electron chi connectivity index (χ2n) is 8.95. The van der Waals surface area contributed by atoms with Crippen molar-refractivity contribution in [3.8, 4) is 5.95 Å². The van der Waals surface area contributed by atoms with Crippen molar-refractivity contribution in [3.63, 3.8) is 0 Å². The lowest BCUT2D eigenvalue weighted by atomic mass is 10.1. The molecule has 0 atom stereocenters. The van der Waals surface area contributed by atoms with Gasteiger partial charge in [-0.25, -0.2) is 19.3 Å². The van der Waals surface area contributed by atoms with Crippen molar-refractivity contribution >= 4 is 11.9 Å². The summed E-state index contributed by atoms with van der Waals surface area (Å²) < 4.78 is 12.2. The van der Waals surface area contributed by atoms with Gasteiger partial charge in [0.15, 0.2) is 5.69 Å². The van der Waals surface area contributed by atoms with Crippen LogP contribution in [-0.2, 0) is 28.9 Å². The van der Waals surface area contributed by atoms with Gasteiger partial charge in [-0.05, 0) is 52.5 Å². The molecule has 33 heavy (non-hydrogen) atoms. The quantitative estimate of drug-likeness (QED) is 0.594. The molecule has 0 spiro atoms. The molecule has 9 heteroatoms. The zero-order chi connectivity index (χ0) is 23.8. The second kappa shape index (κ2) is 8.65. The number of ether oxygens (including phenoxy) is 2. The fraction of sp³-hybridized carbons (Fsp3) is 0.375. The van der Waals surface area contributed by atoms with E-state index in [-0.39, 0.29) is 29.4 Å². The molecule has 3 aromatic rings. The molecule has 1 aliphatic rings. The van der Waals surface area contributed by atoms with Crippen LogP contribution >= 0.6 is 0 Å². The molecule has 4 rings (SSSR count). The van der Waals surface area contributed by atoms with E-state index in [0.29, 0.717) is 29.8 Å². The average Bonchev–Trinajstić information content (AvgIpc) is 3.36. The zero-order valence-electron chi connectivity index (χ0n) is 19.1. The fourth-order valence-electron chi connectivity index (χ4n) is 3.75. The second-order valence-corrected chi connectivity index (χ2v) is 8.95. The Balaban J connectivity index is 1.75. The number of rotatable bonds is 5. The van der Waals surface area contributed by atoms with E-state index in [4.69, 9.17) is 9.47 Å². The van der Waals surface area contributed by atoms with Gasteiger partial charge in [0.1, 0.15) is 17.8 Å². The largest absolute Gasteiger partial charge is 0.456 e. The number of fused-ring (bicyclic) bond motifs is 1. The number of nitrogens with zero attached hydrogens (tertiary/aromatic N) is 3. The third-order valence-electron chi connectivity index (χ3n) is 5.26. The van der Waals surface area contributed by atoms with Crippen molar-refractivity contribution in [1.82, 2.24) is 19.7 Å². The number of hydrogen-bond donors (Lipinski definition) is 1. The van der Waals surface area contributed by atoms with Crippen molar-refractivity contribution in [2.24, 2.45) is 0 Å². The minimum absolute atomic E-state index is 0.0211. The minimum Gasteiger partial charge on any atom is -0.456 e. The van der Waals surface area contributed by atoms with Gasteiger partial charge in [-0.2, -0.15) is 5.10 Å². The molecule has 1 aromatic carbocycles. The lowest BCUT2D eigenvalue weighted by Gasteiger charge is -2.19. The molecule has 0 saturated heterocycles. The smallest absolute Gasteiger partial charge is 0.360 e. The van der Waals surface area contributed by atoms with E-state index in [9.17, 15) is 14.4 Å². The highest BCUT2D eigenvalue weighted by Crippen LogP contribution is 2.23. The highest BCUT2D eigenvalue weighted by molar-refractivity contribution is 6.03. The van der Waals surface area contributed by atoms with E-state index >= 15 is 0 Å². The van der Waals surface area contributed by atoms with Gasteiger partial charge in [-0.15, -0.1) is 0 Å². The van der Waals surface area contributed by atoms with E-state index in [0.717, 1.165) is 12.0 Å². The van der Waals surface area contributed by atoms with Crippen LogP contribution < -0.4 is 5.56 Å². The molecule has 2 heterocycles. The maximum Gasteiger partial charge on any atom is 0.360 e. The molecule has 172 valence electrons. The number of hydrogen-bond acceptors (Lipinski definition) is 7. The first kappa shape index (κ1) is 22.4. The molecule has 0 fully saturated rings.